The van der Waals surface area contributed by atoms with Crippen molar-refractivity contribution < 1.29 is 24.2 Å². The maximum atomic E-state index is 12.8. The van der Waals surface area contributed by atoms with Crippen LogP contribution in [-0.2, 0) is 14.3 Å². The number of nitrogens with zero attached hydrogens (tertiary/aromatic N) is 2. The number of rotatable bonds is 7. The second kappa shape index (κ2) is 9.20. The summed E-state index contributed by atoms with van der Waals surface area (Å²) in [6, 6.07) is 15.3. The van der Waals surface area contributed by atoms with E-state index in [-0.39, 0.29) is 18.4 Å². The first-order valence-electron chi connectivity index (χ1n) is 10.3. The fourth-order valence-electron chi connectivity index (χ4n) is 4.21. The Morgan fingerprint density at radius 3 is 1.97 bits per heavy atom. The largest absolute Gasteiger partial charge is 0.480 e. The molecule has 1 aliphatic carbocycles. The van der Waals surface area contributed by atoms with E-state index in [0.29, 0.717) is 0 Å². The molecule has 0 radical (unpaired) electrons. The summed E-state index contributed by atoms with van der Waals surface area (Å²) < 4.78 is 5.64. The molecule has 2 amide bonds. The predicted octanol–water partition coefficient (Wildman–Crippen LogP) is 3.43. The number of hydrogen-bond donors (Lipinski definition) is 1. The van der Waals surface area contributed by atoms with Gasteiger partial charge in [0.25, 0.3) is 0 Å². The Balaban J connectivity index is 1.74. The number of carbonyl (C=O) groups is 3. The van der Waals surface area contributed by atoms with Crippen LogP contribution in [0.15, 0.2) is 48.5 Å². The standard InChI is InChI=1S/C24H28N2O5/c1-15(2)22(23(29)25(3)13-21(27)28)26(4)24(30)31-14-20-18-11-7-5-9-16(18)17-10-6-8-12-19(17)20/h5-12,15,20,22H,13-14H2,1-4H3,(H,27,28)/t22-/m0/s1. The Morgan fingerprint density at radius 2 is 1.48 bits per heavy atom. The van der Waals surface area contributed by atoms with Gasteiger partial charge in [-0.15, -0.1) is 0 Å². The third-order valence-corrected chi connectivity index (χ3v) is 5.67. The lowest BCUT2D eigenvalue weighted by Gasteiger charge is -2.32. The highest BCUT2D eigenvalue weighted by Crippen LogP contribution is 2.44. The molecule has 0 aromatic heterocycles. The van der Waals surface area contributed by atoms with Gasteiger partial charge < -0.3 is 14.7 Å². The SMILES string of the molecule is CC(C)[C@@H](C(=O)N(C)CC(=O)O)N(C)C(=O)OCC1c2ccccc2-c2ccccc21. The van der Waals surface area contributed by atoms with Gasteiger partial charge in [-0.25, -0.2) is 4.79 Å². The Hall–Kier alpha value is -3.35. The Morgan fingerprint density at radius 1 is 0.968 bits per heavy atom. The first-order valence-corrected chi connectivity index (χ1v) is 10.3. The van der Waals surface area contributed by atoms with Crippen LogP contribution in [0.4, 0.5) is 4.79 Å². The van der Waals surface area contributed by atoms with Gasteiger partial charge in [0.05, 0.1) is 0 Å². The number of aliphatic carboxylic acids is 1. The minimum absolute atomic E-state index is 0.0763. The van der Waals surface area contributed by atoms with Gasteiger partial charge in [0.1, 0.15) is 19.2 Å². The fraction of sp³-hybridized carbons (Fsp3) is 0.375. The number of likely N-dealkylation sites (N-methyl/N-ethyl adjacent to an activating group) is 2. The number of carbonyl (C=O) groups excluding carboxylic acids is 2. The number of fused-ring (bicyclic) bond motifs is 3. The van der Waals surface area contributed by atoms with E-state index in [1.807, 2.05) is 50.2 Å². The van der Waals surface area contributed by atoms with Crippen LogP contribution in [0.5, 0.6) is 0 Å². The van der Waals surface area contributed by atoms with Gasteiger partial charge in [0.2, 0.25) is 5.91 Å². The molecule has 1 N–H and O–H groups in total. The van der Waals surface area contributed by atoms with Crippen molar-refractivity contribution in [2.75, 3.05) is 27.2 Å². The second-order valence-electron chi connectivity index (χ2n) is 8.19. The van der Waals surface area contributed by atoms with Crippen molar-refractivity contribution in [3.63, 3.8) is 0 Å². The van der Waals surface area contributed by atoms with E-state index in [2.05, 4.69) is 12.1 Å². The summed E-state index contributed by atoms with van der Waals surface area (Å²) >= 11 is 0. The normalized spacial score (nSPS) is 13.3. The van der Waals surface area contributed by atoms with Crippen molar-refractivity contribution in [2.24, 2.45) is 5.92 Å². The molecule has 31 heavy (non-hydrogen) atoms. The molecule has 0 spiro atoms. The van der Waals surface area contributed by atoms with Gasteiger partial charge in [-0.2, -0.15) is 0 Å². The summed E-state index contributed by atoms with van der Waals surface area (Å²) in [5.74, 6) is -1.84. The zero-order valence-corrected chi connectivity index (χ0v) is 18.2. The van der Waals surface area contributed by atoms with Crippen LogP contribution in [0.2, 0.25) is 0 Å². The van der Waals surface area contributed by atoms with Crippen LogP contribution in [0.1, 0.15) is 30.9 Å². The summed E-state index contributed by atoms with van der Waals surface area (Å²) in [5, 5.41) is 8.97. The highest BCUT2D eigenvalue weighted by Gasteiger charge is 2.35. The smallest absolute Gasteiger partial charge is 0.410 e. The van der Waals surface area contributed by atoms with Crippen molar-refractivity contribution in [2.45, 2.75) is 25.8 Å². The molecule has 0 aliphatic heterocycles. The molecule has 0 bridgehead atoms. The van der Waals surface area contributed by atoms with E-state index in [4.69, 9.17) is 9.84 Å². The average molecular weight is 424 g/mol. The molecule has 3 rings (SSSR count). The van der Waals surface area contributed by atoms with Crippen LogP contribution in [0, 0.1) is 5.92 Å². The molecular weight excluding hydrogens is 396 g/mol. The summed E-state index contributed by atoms with van der Waals surface area (Å²) in [4.78, 5) is 38.9. The minimum Gasteiger partial charge on any atom is -0.480 e. The first-order chi connectivity index (χ1) is 14.7. The third-order valence-electron chi connectivity index (χ3n) is 5.67. The highest BCUT2D eigenvalue weighted by molar-refractivity contribution is 5.88. The summed E-state index contributed by atoms with van der Waals surface area (Å²) in [6.07, 6.45) is -0.613. The van der Waals surface area contributed by atoms with Gasteiger partial charge in [0.15, 0.2) is 0 Å². The van der Waals surface area contributed by atoms with Gasteiger partial charge in [0, 0.05) is 20.0 Å². The lowest BCUT2D eigenvalue weighted by Crippen LogP contribution is -2.52. The molecule has 0 saturated heterocycles. The molecule has 0 saturated carbocycles. The molecule has 1 atom stereocenters. The Bertz CT molecular complexity index is 942. The van der Waals surface area contributed by atoms with E-state index in [0.717, 1.165) is 27.2 Å². The molecule has 2 aromatic carbocycles. The van der Waals surface area contributed by atoms with E-state index < -0.39 is 30.6 Å². The maximum Gasteiger partial charge on any atom is 0.410 e. The zero-order chi connectivity index (χ0) is 22.7. The molecular formula is C24H28N2O5. The van der Waals surface area contributed by atoms with E-state index in [1.165, 1.54) is 19.0 Å². The number of carboxylic acid groups (broad SMARTS) is 1. The molecule has 7 nitrogen and oxygen atoms in total. The molecule has 0 unspecified atom stereocenters. The average Bonchev–Trinajstić information content (AvgIpc) is 3.05. The van der Waals surface area contributed by atoms with Crippen molar-refractivity contribution in [3.8, 4) is 11.1 Å². The maximum absolute atomic E-state index is 12.8. The molecule has 1 aliphatic rings. The van der Waals surface area contributed by atoms with E-state index in [1.54, 1.807) is 0 Å². The summed E-state index contributed by atoms with van der Waals surface area (Å²) in [6.45, 7) is 3.34. The molecule has 2 aromatic rings. The lowest BCUT2D eigenvalue weighted by molar-refractivity contribution is -0.146. The Kier molecular flexibility index (Phi) is 6.63. The molecule has 0 fully saturated rings. The highest BCUT2D eigenvalue weighted by atomic mass is 16.6. The number of ether oxygens (including phenoxy) is 1. The van der Waals surface area contributed by atoms with Gasteiger partial charge >= 0.3 is 12.1 Å². The predicted molar refractivity (Wildman–Crippen MR) is 117 cm³/mol. The van der Waals surface area contributed by atoms with Crippen molar-refractivity contribution >= 4 is 18.0 Å². The van der Waals surface area contributed by atoms with Gasteiger partial charge in [-0.05, 0) is 28.2 Å². The van der Waals surface area contributed by atoms with Crippen LogP contribution in [-0.4, -0.2) is 66.2 Å². The topological polar surface area (TPSA) is 87.2 Å². The van der Waals surface area contributed by atoms with E-state index >= 15 is 0 Å². The van der Waals surface area contributed by atoms with Crippen LogP contribution >= 0.6 is 0 Å². The number of benzene rings is 2. The second-order valence-corrected chi connectivity index (χ2v) is 8.19. The number of carboxylic acids is 1. The molecule has 164 valence electrons. The number of amides is 2. The first kappa shape index (κ1) is 22.3. The van der Waals surface area contributed by atoms with Gasteiger partial charge in [-0.3, -0.25) is 14.5 Å². The van der Waals surface area contributed by atoms with Gasteiger partial charge in [-0.1, -0.05) is 62.4 Å². The lowest BCUT2D eigenvalue weighted by atomic mass is 9.98. The minimum atomic E-state index is -1.11. The Labute approximate surface area is 182 Å². The monoisotopic (exact) mass is 424 g/mol. The van der Waals surface area contributed by atoms with E-state index in [9.17, 15) is 14.4 Å². The van der Waals surface area contributed by atoms with Crippen LogP contribution in [0.3, 0.4) is 0 Å². The molecule has 0 heterocycles. The molecule has 7 heteroatoms. The van der Waals surface area contributed by atoms with Crippen molar-refractivity contribution in [1.82, 2.24) is 9.80 Å². The van der Waals surface area contributed by atoms with Crippen molar-refractivity contribution in [1.29, 1.82) is 0 Å². The quantitative estimate of drug-likeness (QED) is 0.736. The van der Waals surface area contributed by atoms with Crippen LogP contribution < -0.4 is 0 Å². The van der Waals surface area contributed by atoms with Crippen LogP contribution in [0.25, 0.3) is 11.1 Å². The summed E-state index contributed by atoms with van der Waals surface area (Å²) in [5.41, 5.74) is 4.49. The third kappa shape index (κ3) is 4.55. The number of hydrogen-bond acceptors (Lipinski definition) is 4. The fourth-order valence-corrected chi connectivity index (χ4v) is 4.21. The van der Waals surface area contributed by atoms with Crippen molar-refractivity contribution in [3.05, 3.63) is 59.7 Å². The summed E-state index contributed by atoms with van der Waals surface area (Å²) in [7, 11) is 2.92. The zero-order valence-electron chi connectivity index (χ0n) is 18.2.